The normalized spacial score (nSPS) is 34.7. The Balaban J connectivity index is 1.79. The Kier molecular flexibility index (Phi) is 3.45. The lowest BCUT2D eigenvalue weighted by molar-refractivity contribution is 0.142. The first-order chi connectivity index (χ1) is 6.79. The van der Waals surface area contributed by atoms with E-state index in [-0.39, 0.29) is 0 Å². The van der Waals surface area contributed by atoms with Crippen molar-refractivity contribution in [3.63, 3.8) is 0 Å². The topological polar surface area (TPSA) is 15.3 Å². The molecule has 0 aromatic carbocycles. The highest BCUT2D eigenvalue weighted by atomic mass is 15.2. The van der Waals surface area contributed by atoms with E-state index in [0.717, 1.165) is 18.0 Å². The van der Waals surface area contributed by atoms with Gasteiger partial charge in [0.15, 0.2) is 0 Å². The molecule has 2 nitrogen and oxygen atoms in total. The first kappa shape index (κ1) is 10.4. The molecule has 0 spiro atoms. The van der Waals surface area contributed by atoms with Gasteiger partial charge in [-0.05, 0) is 38.1 Å². The number of hydrogen-bond acceptors (Lipinski definition) is 2. The van der Waals surface area contributed by atoms with Crippen molar-refractivity contribution in [3.8, 4) is 0 Å². The van der Waals surface area contributed by atoms with Crippen LogP contribution in [-0.2, 0) is 0 Å². The van der Waals surface area contributed by atoms with Gasteiger partial charge in [-0.25, -0.2) is 0 Å². The van der Waals surface area contributed by atoms with E-state index in [2.05, 4.69) is 24.1 Å². The fourth-order valence-corrected chi connectivity index (χ4v) is 2.63. The fourth-order valence-electron chi connectivity index (χ4n) is 2.63. The first-order valence-electron chi connectivity index (χ1n) is 6.27. The minimum Gasteiger partial charge on any atom is -0.313 e. The number of rotatable bonds is 4. The van der Waals surface area contributed by atoms with Crippen LogP contribution in [0.15, 0.2) is 0 Å². The summed E-state index contributed by atoms with van der Waals surface area (Å²) in [6, 6.07) is 1.71. The number of hydrogen-bond donors (Lipinski definition) is 1. The third-order valence-electron chi connectivity index (χ3n) is 3.43. The molecule has 0 radical (unpaired) electrons. The number of piperidine rings is 1. The lowest BCUT2D eigenvalue weighted by atomic mass is 9.95. The van der Waals surface area contributed by atoms with Gasteiger partial charge in [-0.3, -0.25) is 4.90 Å². The minimum absolute atomic E-state index is 0.763. The van der Waals surface area contributed by atoms with Gasteiger partial charge in [-0.15, -0.1) is 0 Å². The van der Waals surface area contributed by atoms with E-state index in [1.165, 1.54) is 45.3 Å². The SMILES string of the molecule is CCCNC1CC(C)CN(C2CC2)C1. The molecule has 1 aliphatic heterocycles. The molecule has 1 saturated heterocycles. The minimum atomic E-state index is 0.763. The van der Waals surface area contributed by atoms with Crippen molar-refractivity contribution in [1.29, 1.82) is 0 Å². The van der Waals surface area contributed by atoms with Crippen LogP contribution < -0.4 is 5.32 Å². The summed E-state index contributed by atoms with van der Waals surface area (Å²) in [5.41, 5.74) is 0. The third-order valence-corrected chi connectivity index (χ3v) is 3.43. The van der Waals surface area contributed by atoms with Gasteiger partial charge in [-0.2, -0.15) is 0 Å². The van der Waals surface area contributed by atoms with Gasteiger partial charge in [0.25, 0.3) is 0 Å². The van der Waals surface area contributed by atoms with Crippen molar-refractivity contribution < 1.29 is 0 Å². The second-order valence-electron chi connectivity index (χ2n) is 5.18. The molecule has 0 aromatic heterocycles. The second kappa shape index (κ2) is 4.63. The summed E-state index contributed by atoms with van der Waals surface area (Å²) in [6.07, 6.45) is 5.54. The molecule has 2 heteroatoms. The fraction of sp³-hybridized carbons (Fsp3) is 1.00. The van der Waals surface area contributed by atoms with Crippen molar-refractivity contribution in [2.45, 2.75) is 51.6 Å². The summed E-state index contributed by atoms with van der Waals surface area (Å²) >= 11 is 0. The predicted octanol–water partition coefficient (Wildman–Crippen LogP) is 1.86. The first-order valence-corrected chi connectivity index (χ1v) is 6.27. The van der Waals surface area contributed by atoms with Crippen LogP contribution in [0.5, 0.6) is 0 Å². The summed E-state index contributed by atoms with van der Waals surface area (Å²) < 4.78 is 0. The highest BCUT2D eigenvalue weighted by Crippen LogP contribution is 2.30. The van der Waals surface area contributed by atoms with Gasteiger partial charge < -0.3 is 5.32 Å². The van der Waals surface area contributed by atoms with Gasteiger partial charge in [0.05, 0.1) is 0 Å². The predicted molar refractivity (Wildman–Crippen MR) is 60.5 cm³/mol. The number of nitrogens with zero attached hydrogens (tertiary/aromatic N) is 1. The van der Waals surface area contributed by atoms with Gasteiger partial charge in [0.1, 0.15) is 0 Å². The van der Waals surface area contributed by atoms with Crippen molar-refractivity contribution in [3.05, 3.63) is 0 Å². The Morgan fingerprint density at radius 2 is 2.07 bits per heavy atom. The van der Waals surface area contributed by atoms with E-state index in [9.17, 15) is 0 Å². The molecular weight excluding hydrogens is 172 g/mol. The summed E-state index contributed by atoms with van der Waals surface area (Å²) in [4.78, 5) is 2.71. The van der Waals surface area contributed by atoms with Gasteiger partial charge >= 0.3 is 0 Å². The highest BCUT2D eigenvalue weighted by molar-refractivity contribution is 4.91. The number of nitrogens with one attached hydrogen (secondary N) is 1. The van der Waals surface area contributed by atoms with Crippen LogP contribution in [0.2, 0.25) is 0 Å². The Labute approximate surface area is 88.1 Å². The maximum Gasteiger partial charge on any atom is 0.0198 e. The molecule has 2 fully saturated rings. The van der Waals surface area contributed by atoms with E-state index in [1.54, 1.807) is 0 Å². The van der Waals surface area contributed by atoms with Crippen LogP contribution >= 0.6 is 0 Å². The summed E-state index contributed by atoms with van der Waals surface area (Å²) in [5.74, 6) is 0.888. The zero-order valence-electron chi connectivity index (χ0n) is 9.63. The van der Waals surface area contributed by atoms with Gasteiger partial charge in [-0.1, -0.05) is 13.8 Å². The molecule has 0 bridgehead atoms. The zero-order chi connectivity index (χ0) is 9.97. The number of likely N-dealkylation sites (tertiary alicyclic amines) is 1. The second-order valence-corrected chi connectivity index (χ2v) is 5.18. The summed E-state index contributed by atoms with van der Waals surface area (Å²) in [6.45, 7) is 8.48. The highest BCUT2D eigenvalue weighted by Gasteiger charge is 2.34. The van der Waals surface area contributed by atoms with Gasteiger partial charge in [0, 0.05) is 25.2 Å². The molecule has 2 unspecified atom stereocenters. The van der Waals surface area contributed by atoms with Crippen molar-refractivity contribution in [2.75, 3.05) is 19.6 Å². The van der Waals surface area contributed by atoms with Crippen LogP contribution in [0, 0.1) is 5.92 Å². The molecule has 2 rings (SSSR count). The Morgan fingerprint density at radius 1 is 1.29 bits per heavy atom. The van der Waals surface area contributed by atoms with E-state index in [0.29, 0.717) is 0 Å². The largest absolute Gasteiger partial charge is 0.313 e. The molecule has 14 heavy (non-hydrogen) atoms. The molecule has 82 valence electrons. The summed E-state index contributed by atoms with van der Waals surface area (Å²) in [5, 5.41) is 3.67. The van der Waals surface area contributed by atoms with Crippen molar-refractivity contribution >= 4 is 0 Å². The van der Waals surface area contributed by atoms with Crippen LogP contribution in [0.3, 0.4) is 0 Å². The third kappa shape index (κ3) is 2.71. The molecule has 0 amide bonds. The molecule has 1 aliphatic carbocycles. The molecule has 2 atom stereocenters. The van der Waals surface area contributed by atoms with E-state index < -0.39 is 0 Å². The molecule has 0 aromatic rings. The molecule has 1 heterocycles. The Hall–Kier alpha value is -0.0800. The average Bonchev–Trinajstić information content (AvgIpc) is 2.97. The zero-order valence-corrected chi connectivity index (χ0v) is 9.63. The van der Waals surface area contributed by atoms with E-state index in [1.807, 2.05) is 0 Å². The lowest BCUT2D eigenvalue weighted by Gasteiger charge is -2.37. The Morgan fingerprint density at radius 3 is 2.71 bits per heavy atom. The molecule has 2 aliphatic rings. The van der Waals surface area contributed by atoms with Crippen molar-refractivity contribution in [2.24, 2.45) is 5.92 Å². The van der Waals surface area contributed by atoms with E-state index in [4.69, 9.17) is 0 Å². The molecule has 1 saturated carbocycles. The maximum absolute atomic E-state index is 3.67. The summed E-state index contributed by atoms with van der Waals surface area (Å²) in [7, 11) is 0. The lowest BCUT2D eigenvalue weighted by Crippen LogP contribution is -2.49. The standard InChI is InChI=1S/C12H24N2/c1-3-6-13-11-7-10(2)8-14(9-11)12-4-5-12/h10-13H,3-9H2,1-2H3. The van der Waals surface area contributed by atoms with Crippen LogP contribution in [-0.4, -0.2) is 36.6 Å². The van der Waals surface area contributed by atoms with Crippen LogP contribution in [0.25, 0.3) is 0 Å². The van der Waals surface area contributed by atoms with Crippen LogP contribution in [0.4, 0.5) is 0 Å². The monoisotopic (exact) mass is 196 g/mol. The average molecular weight is 196 g/mol. The smallest absolute Gasteiger partial charge is 0.0198 e. The molecular formula is C12H24N2. The van der Waals surface area contributed by atoms with Crippen molar-refractivity contribution in [1.82, 2.24) is 10.2 Å². The van der Waals surface area contributed by atoms with E-state index >= 15 is 0 Å². The maximum atomic E-state index is 3.67. The van der Waals surface area contributed by atoms with Gasteiger partial charge in [0.2, 0.25) is 0 Å². The Bertz CT molecular complexity index is 177. The molecule has 1 N–H and O–H groups in total. The quantitative estimate of drug-likeness (QED) is 0.738. The van der Waals surface area contributed by atoms with Crippen LogP contribution in [0.1, 0.15) is 39.5 Å².